The van der Waals surface area contributed by atoms with E-state index in [1.807, 2.05) is 0 Å². The molecule has 5 nitrogen and oxygen atoms in total. The lowest BCUT2D eigenvalue weighted by atomic mass is 10.1. The quantitative estimate of drug-likeness (QED) is 0.766. The number of ether oxygens (including phenoxy) is 2. The lowest BCUT2D eigenvalue weighted by molar-refractivity contribution is -0.135. The Bertz CT molecular complexity index is 501. The monoisotopic (exact) mass is 220 g/mol. The van der Waals surface area contributed by atoms with Crippen molar-refractivity contribution >= 4 is 11.8 Å². The molecule has 16 heavy (non-hydrogen) atoms. The zero-order valence-electron chi connectivity index (χ0n) is 8.39. The second-order valence-corrected chi connectivity index (χ2v) is 3.22. The molecular weight excluding hydrogens is 212 g/mol. The Morgan fingerprint density at radius 1 is 1.25 bits per heavy atom. The Morgan fingerprint density at radius 3 is 2.62 bits per heavy atom. The molecule has 0 saturated carbocycles. The van der Waals surface area contributed by atoms with Gasteiger partial charge in [0.15, 0.2) is 17.3 Å². The molecular formula is C11H8O5. The van der Waals surface area contributed by atoms with E-state index in [1.54, 1.807) is 6.07 Å². The predicted octanol–water partition coefficient (Wildman–Crippen LogP) is 1.59. The summed E-state index contributed by atoms with van der Waals surface area (Å²) >= 11 is 0. The minimum atomic E-state index is -1.21. The van der Waals surface area contributed by atoms with Gasteiger partial charge in [-0.05, 0) is 25.1 Å². The van der Waals surface area contributed by atoms with Crippen LogP contribution in [-0.4, -0.2) is 16.9 Å². The van der Waals surface area contributed by atoms with Crippen LogP contribution in [0, 0.1) is 0 Å². The number of hydrogen-bond donors (Lipinski definition) is 1. The van der Waals surface area contributed by atoms with Gasteiger partial charge >= 0.3 is 5.97 Å². The molecule has 82 valence electrons. The van der Waals surface area contributed by atoms with Crippen molar-refractivity contribution in [3.63, 3.8) is 0 Å². The highest BCUT2D eigenvalue weighted by Crippen LogP contribution is 2.33. The van der Waals surface area contributed by atoms with Crippen molar-refractivity contribution in [1.82, 2.24) is 0 Å². The minimum absolute atomic E-state index is 0.0978. The van der Waals surface area contributed by atoms with Crippen molar-refractivity contribution < 1.29 is 24.2 Å². The molecule has 1 N–H and O–H groups in total. The summed E-state index contributed by atoms with van der Waals surface area (Å²) in [4.78, 5) is 21.7. The number of rotatable bonds is 2. The second kappa shape index (κ2) is 3.69. The summed E-state index contributed by atoms with van der Waals surface area (Å²) < 4.78 is 10.1. The van der Waals surface area contributed by atoms with Crippen molar-refractivity contribution in [1.29, 1.82) is 0 Å². The molecule has 1 heterocycles. The van der Waals surface area contributed by atoms with E-state index in [2.05, 4.69) is 0 Å². The Labute approximate surface area is 90.9 Å². The Morgan fingerprint density at radius 2 is 2.00 bits per heavy atom. The fourth-order valence-corrected chi connectivity index (χ4v) is 1.26. The van der Waals surface area contributed by atoms with Crippen LogP contribution in [0.4, 0.5) is 0 Å². The van der Waals surface area contributed by atoms with Crippen molar-refractivity contribution in [3.8, 4) is 11.5 Å². The predicted molar refractivity (Wildman–Crippen MR) is 53.4 cm³/mol. The van der Waals surface area contributed by atoms with Gasteiger partial charge in [-0.2, -0.15) is 0 Å². The van der Waals surface area contributed by atoms with E-state index in [-0.39, 0.29) is 17.3 Å². The largest absolute Gasteiger partial charge is 0.475 e. The average Bonchev–Trinajstić information content (AvgIpc) is 2.27. The third-order valence-electron chi connectivity index (χ3n) is 2.07. The molecule has 5 heteroatoms. The zero-order valence-corrected chi connectivity index (χ0v) is 8.39. The van der Waals surface area contributed by atoms with E-state index < -0.39 is 5.97 Å². The van der Waals surface area contributed by atoms with Gasteiger partial charge in [0.25, 0.3) is 0 Å². The van der Waals surface area contributed by atoms with Gasteiger partial charge < -0.3 is 14.6 Å². The molecule has 2 rings (SSSR count). The molecule has 0 spiro atoms. The molecule has 0 amide bonds. The Balaban J connectivity index is 2.34. The molecule has 0 radical (unpaired) electrons. The van der Waals surface area contributed by atoms with Gasteiger partial charge in [0, 0.05) is 5.56 Å². The van der Waals surface area contributed by atoms with E-state index in [0.29, 0.717) is 11.3 Å². The molecule has 1 aromatic rings. The van der Waals surface area contributed by atoms with Crippen LogP contribution in [0.2, 0.25) is 0 Å². The number of aliphatic carboxylic acids is 1. The van der Waals surface area contributed by atoms with E-state index in [9.17, 15) is 9.59 Å². The highest BCUT2D eigenvalue weighted by atomic mass is 16.6. The molecule has 0 aliphatic carbocycles. The smallest absolute Gasteiger partial charge is 0.375 e. The minimum Gasteiger partial charge on any atom is -0.475 e. The summed E-state index contributed by atoms with van der Waals surface area (Å²) in [6.07, 6.45) is 0.995. The van der Waals surface area contributed by atoms with Gasteiger partial charge in [-0.15, -0.1) is 0 Å². The molecule has 1 aliphatic rings. The van der Waals surface area contributed by atoms with E-state index in [1.165, 1.54) is 19.1 Å². The molecule has 0 unspecified atom stereocenters. The average molecular weight is 220 g/mol. The summed E-state index contributed by atoms with van der Waals surface area (Å²) in [6, 6.07) is 4.56. The number of fused-ring (bicyclic) bond motifs is 1. The summed E-state index contributed by atoms with van der Waals surface area (Å²) in [5.74, 6) is -0.980. The fraction of sp³-hybridized carbons (Fsp3) is 0.0909. The van der Waals surface area contributed by atoms with Crippen LogP contribution in [0.5, 0.6) is 11.5 Å². The number of carbonyl (C=O) groups excluding carboxylic acids is 1. The van der Waals surface area contributed by atoms with Crippen LogP contribution < -0.4 is 9.47 Å². The fourth-order valence-electron chi connectivity index (χ4n) is 1.26. The van der Waals surface area contributed by atoms with Crippen molar-refractivity contribution in [2.24, 2.45) is 0 Å². The van der Waals surface area contributed by atoms with Gasteiger partial charge in [-0.3, -0.25) is 4.79 Å². The Hall–Kier alpha value is -2.30. The first-order valence-electron chi connectivity index (χ1n) is 4.51. The molecule has 1 aliphatic heterocycles. The number of carbonyl (C=O) groups is 2. The maximum absolute atomic E-state index is 11.1. The summed E-state index contributed by atoms with van der Waals surface area (Å²) in [5, 5.41) is 8.68. The lowest BCUT2D eigenvalue weighted by Crippen LogP contribution is -2.13. The zero-order chi connectivity index (χ0) is 11.7. The number of benzene rings is 1. The normalized spacial score (nSPS) is 12.9. The van der Waals surface area contributed by atoms with E-state index in [4.69, 9.17) is 14.6 Å². The molecule has 1 aromatic carbocycles. The van der Waals surface area contributed by atoms with Gasteiger partial charge in [-0.1, -0.05) is 0 Å². The number of ketones is 1. The number of Topliss-reactive ketones (excluding diaryl/α,β-unsaturated/α-hetero) is 1. The molecule has 0 bridgehead atoms. The van der Waals surface area contributed by atoms with Gasteiger partial charge in [-0.25, -0.2) is 4.79 Å². The van der Waals surface area contributed by atoms with Crippen LogP contribution in [-0.2, 0) is 4.79 Å². The number of carboxylic acid groups (broad SMARTS) is 1. The third-order valence-corrected chi connectivity index (χ3v) is 2.07. The van der Waals surface area contributed by atoms with Gasteiger partial charge in [0.1, 0.15) is 6.26 Å². The first kappa shape index (κ1) is 10.2. The van der Waals surface area contributed by atoms with E-state index >= 15 is 0 Å². The van der Waals surface area contributed by atoms with Crippen LogP contribution in [0.25, 0.3) is 0 Å². The number of hydrogen-bond acceptors (Lipinski definition) is 4. The van der Waals surface area contributed by atoms with Crippen LogP contribution in [0.3, 0.4) is 0 Å². The maximum Gasteiger partial charge on any atom is 0.375 e. The Kier molecular flexibility index (Phi) is 2.36. The van der Waals surface area contributed by atoms with Crippen LogP contribution in [0.15, 0.2) is 30.2 Å². The summed E-state index contributed by atoms with van der Waals surface area (Å²) in [6.45, 7) is 1.43. The molecule has 0 fully saturated rings. The van der Waals surface area contributed by atoms with Gasteiger partial charge in [0.2, 0.25) is 5.76 Å². The van der Waals surface area contributed by atoms with Crippen LogP contribution in [0.1, 0.15) is 17.3 Å². The molecule has 0 saturated heterocycles. The van der Waals surface area contributed by atoms with Crippen molar-refractivity contribution in [3.05, 3.63) is 35.8 Å². The maximum atomic E-state index is 11.1. The third kappa shape index (κ3) is 1.75. The summed E-state index contributed by atoms with van der Waals surface area (Å²) in [5.41, 5.74) is 0.481. The molecule has 0 atom stereocenters. The van der Waals surface area contributed by atoms with Crippen molar-refractivity contribution in [2.45, 2.75) is 6.92 Å². The lowest BCUT2D eigenvalue weighted by Gasteiger charge is -2.16. The highest BCUT2D eigenvalue weighted by molar-refractivity contribution is 5.95. The van der Waals surface area contributed by atoms with Crippen molar-refractivity contribution in [2.75, 3.05) is 0 Å². The molecule has 0 aromatic heterocycles. The second-order valence-electron chi connectivity index (χ2n) is 3.22. The number of carboxylic acids is 1. The highest BCUT2D eigenvalue weighted by Gasteiger charge is 2.20. The standard InChI is InChI=1S/C11H8O5/c1-6(12)7-2-3-8-9(4-7)15-5-10(16-8)11(13)14/h2-5H,1H3,(H,13,14). The van der Waals surface area contributed by atoms with Gasteiger partial charge in [0.05, 0.1) is 0 Å². The SMILES string of the molecule is CC(=O)c1ccc2c(c1)OC=C(C(=O)O)O2. The summed E-state index contributed by atoms with van der Waals surface area (Å²) in [7, 11) is 0. The first-order valence-corrected chi connectivity index (χ1v) is 4.51. The van der Waals surface area contributed by atoms with Crippen LogP contribution >= 0.6 is 0 Å². The topological polar surface area (TPSA) is 72.8 Å². The first-order chi connectivity index (χ1) is 7.58. The van der Waals surface area contributed by atoms with E-state index in [0.717, 1.165) is 6.26 Å².